The van der Waals surface area contributed by atoms with Gasteiger partial charge in [0, 0.05) is 10.4 Å². The van der Waals surface area contributed by atoms with Crippen LogP contribution in [-0.4, -0.2) is 26.2 Å². The summed E-state index contributed by atoms with van der Waals surface area (Å²) in [7, 11) is 1.56. The number of hydrogen-bond acceptors (Lipinski definition) is 4. The molecule has 0 saturated heterocycles. The van der Waals surface area contributed by atoms with E-state index in [1.54, 1.807) is 43.5 Å². The van der Waals surface area contributed by atoms with Gasteiger partial charge in [-0.25, -0.2) is 0 Å². The number of amides is 1. The average molecular weight is 346 g/mol. The summed E-state index contributed by atoms with van der Waals surface area (Å²) >= 11 is 5.88. The zero-order valence-corrected chi connectivity index (χ0v) is 13.8. The number of halogens is 1. The molecule has 0 aliphatic carbocycles. The third-order valence-corrected chi connectivity index (χ3v) is 3.64. The predicted octanol–water partition coefficient (Wildman–Crippen LogP) is 3.90. The molecule has 0 atom stereocenters. The van der Waals surface area contributed by atoms with Gasteiger partial charge in [-0.05, 0) is 30.3 Å². The van der Waals surface area contributed by atoms with Crippen molar-refractivity contribution in [2.45, 2.75) is 0 Å². The molecular formula is C18H16ClNO4. The van der Waals surface area contributed by atoms with Gasteiger partial charge in [-0.1, -0.05) is 29.8 Å². The number of fused-ring (bicyclic) bond motifs is 1. The number of rotatable bonds is 6. The molecule has 0 aliphatic rings. The molecule has 3 rings (SSSR count). The summed E-state index contributed by atoms with van der Waals surface area (Å²) < 4.78 is 16.3. The number of carbonyl (C=O) groups is 1. The fraction of sp³-hybridized carbons (Fsp3) is 0.167. The summed E-state index contributed by atoms with van der Waals surface area (Å²) in [4.78, 5) is 12.2. The lowest BCUT2D eigenvalue weighted by Gasteiger charge is -2.07. The van der Waals surface area contributed by atoms with Gasteiger partial charge in [-0.2, -0.15) is 0 Å². The van der Waals surface area contributed by atoms with Crippen molar-refractivity contribution in [3.63, 3.8) is 0 Å². The molecule has 5 nitrogen and oxygen atoms in total. The van der Waals surface area contributed by atoms with E-state index in [0.717, 1.165) is 5.39 Å². The fourth-order valence-electron chi connectivity index (χ4n) is 2.29. The van der Waals surface area contributed by atoms with Crippen molar-refractivity contribution in [1.82, 2.24) is 5.32 Å². The minimum absolute atomic E-state index is 0.234. The van der Waals surface area contributed by atoms with E-state index in [9.17, 15) is 4.79 Å². The number of hydrogen-bond donors (Lipinski definition) is 1. The van der Waals surface area contributed by atoms with Gasteiger partial charge in [-0.3, -0.25) is 4.79 Å². The Balaban J connectivity index is 1.57. The van der Waals surface area contributed by atoms with E-state index in [1.165, 1.54) is 0 Å². The molecule has 0 unspecified atom stereocenters. The molecule has 0 fully saturated rings. The van der Waals surface area contributed by atoms with Gasteiger partial charge >= 0.3 is 0 Å². The van der Waals surface area contributed by atoms with Crippen LogP contribution >= 0.6 is 11.6 Å². The first-order valence-electron chi connectivity index (χ1n) is 7.40. The van der Waals surface area contributed by atoms with Crippen molar-refractivity contribution in [2.24, 2.45) is 0 Å². The molecule has 1 N–H and O–H groups in total. The molecule has 1 aromatic heterocycles. The van der Waals surface area contributed by atoms with Crippen LogP contribution in [0.2, 0.25) is 5.02 Å². The molecule has 6 heteroatoms. The Bertz CT molecular complexity index is 859. The Morgan fingerprint density at radius 3 is 2.83 bits per heavy atom. The number of ether oxygens (including phenoxy) is 2. The second kappa shape index (κ2) is 7.27. The number of methoxy groups -OCH3 is 1. The third kappa shape index (κ3) is 3.63. The highest BCUT2D eigenvalue weighted by Crippen LogP contribution is 2.28. The van der Waals surface area contributed by atoms with Gasteiger partial charge in [0.15, 0.2) is 17.1 Å². The van der Waals surface area contributed by atoms with Crippen molar-refractivity contribution >= 4 is 28.5 Å². The first kappa shape index (κ1) is 16.2. The molecule has 24 heavy (non-hydrogen) atoms. The highest BCUT2D eigenvalue weighted by molar-refractivity contribution is 6.30. The standard InChI is InChI=1S/C18H16ClNO4/c1-22-15-7-2-4-12-10-16(24-17(12)15)18(21)20-8-9-23-14-6-3-5-13(19)11-14/h2-7,10-11H,8-9H2,1H3,(H,20,21). The molecule has 0 saturated carbocycles. The van der Waals surface area contributed by atoms with Crippen LogP contribution < -0.4 is 14.8 Å². The average Bonchev–Trinajstić information content (AvgIpc) is 3.03. The summed E-state index contributed by atoms with van der Waals surface area (Å²) in [6.45, 7) is 0.676. The zero-order valence-electron chi connectivity index (χ0n) is 13.0. The Labute approximate surface area is 144 Å². The maximum Gasteiger partial charge on any atom is 0.287 e. The van der Waals surface area contributed by atoms with Crippen molar-refractivity contribution in [2.75, 3.05) is 20.3 Å². The monoisotopic (exact) mass is 345 g/mol. The van der Waals surface area contributed by atoms with Crippen molar-refractivity contribution in [1.29, 1.82) is 0 Å². The van der Waals surface area contributed by atoms with Gasteiger partial charge < -0.3 is 19.2 Å². The Morgan fingerprint density at radius 1 is 1.21 bits per heavy atom. The molecule has 3 aromatic rings. The summed E-state index contributed by atoms with van der Waals surface area (Å²) in [5.74, 6) is 1.18. The van der Waals surface area contributed by atoms with E-state index >= 15 is 0 Å². The Morgan fingerprint density at radius 2 is 2.04 bits per heavy atom. The highest BCUT2D eigenvalue weighted by atomic mass is 35.5. The number of para-hydroxylation sites is 1. The van der Waals surface area contributed by atoms with E-state index in [0.29, 0.717) is 35.3 Å². The fourth-order valence-corrected chi connectivity index (χ4v) is 2.47. The summed E-state index contributed by atoms with van der Waals surface area (Å²) in [5.41, 5.74) is 0.556. The van der Waals surface area contributed by atoms with Crippen LogP contribution in [-0.2, 0) is 0 Å². The first-order chi connectivity index (χ1) is 11.7. The number of benzene rings is 2. The van der Waals surface area contributed by atoms with Crippen LogP contribution in [0.4, 0.5) is 0 Å². The van der Waals surface area contributed by atoms with Crippen LogP contribution in [0.25, 0.3) is 11.0 Å². The van der Waals surface area contributed by atoms with Crippen molar-refractivity contribution in [3.05, 3.63) is 59.3 Å². The lowest BCUT2D eigenvalue weighted by molar-refractivity contribution is 0.0921. The van der Waals surface area contributed by atoms with Crippen molar-refractivity contribution < 1.29 is 18.7 Å². The number of nitrogens with one attached hydrogen (secondary N) is 1. The minimum atomic E-state index is -0.303. The van der Waals surface area contributed by atoms with Gasteiger partial charge in [0.05, 0.1) is 13.7 Å². The molecule has 2 aromatic carbocycles. The van der Waals surface area contributed by atoms with Crippen LogP contribution in [0.15, 0.2) is 52.9 Å². The van der Waals surface area contributed by atoms with E-state index < -0.39 is 0 Å². The zero-order chi connectivity index (χ0) is 16.9. The first-order valence-corrected chi connectivity index (χ1v) is 7.78. The van der Waals surface area contributed by atoms with Gasteiger partial charge in [0.25, 0.3) is 5.91 Å². The predicted molar refractivity (Wildman–Crippen MR) is 92.0 cm³/mol. The second-order valence-electron chi connectivity index (χ2n) is 5.05. The molecule has 1 heterocycles. The minimum Gasteiger partial charge on any atom is -0.493 e. The lowest BCUT2D eigenvalue weighted by atomic mass is 10.2. The van der Waals surface area contributed by atoms with Gasteiger partial charge in [0.1, 0.15) is 12.4 Å². The Kier molecular flexibility index (Phi) is 4.91. The largest absolute Gasteiger partial charge is 0.493 e. The molecule has 0 bridgehead atoms. The number of furan rings is 1. The molecular weight excluding hydrogens is 330 g/mol. The summed E-state index contributed by atoms with van der Waals surface area (Å²) in [6.07, 6.45) is 0. The maximum absolute atomic E-state index is 12.2. The SMILES string of the molecule is COc1cccc2cc(C(=O)NCCOc3cccc(Cl)c3)oc12. The molecule has 0 aliphatic heterocycles. The Hall–Kier alpha value is -2.66. The van der Waals surface area contributed by atoms with Crippen LogP contribution in [0, 0.1) is 0 Å². The normalized spacial score (nSPS) is 10.6. The number of carbonyl (C=O) groups excluding carboxylic acids is 1. The maximum atomic E-state index is 12.2. The molecule has 1 amide bonds. The van der Waals surface area contributed by atoms with E-state index in [-0.39, 0.29) is 11.7 Å². The highest BCUT2D eigenvalue weighted by Gasteiger charge is 2.14. The topological polar surface area (TPSA) is 60.7 Å². The smallest absolute Gasteiger partial charge is 0.287 e. The van der Waals surface area contributed by atoms with E-state index in [2.05, 4.69) is 5.32 Å². The van der Waals surface area contributed by atoms with Gasteiger partial charge in [0.2, 0.25) is 0 Å². The third-order valence-electron chi connectivity index (χ3n) is 3.40. The molecule has 0 spiro atoms. The summed E-state index contributed by atoms with van der Waals surface area (Å²) in [6, 6.07) is 14.3. The second-order valence-corrected chi connectivity index (χ2v) is 5.49. The van der Waals surface area contributed by atoms with Crippen LogP contribution in [0.1, 0.15) is 10.6 Å². The summed E-state index contributed by atoms with van der Waals surface area (Å²) in [5, 5.41) is 4.17. The van der Waals surface area contributed by atoms with Crippen LogP contribution in [0.5, 0.6) is 11.5 Å². The lowest BCUT2D eigenvalue weighted by Crippen LogP contribution is -2.27. The quantitative estimate of drug-likeness (QED) is 0.688. The van der Waals surface area contributed by atoms with Gasteiger partial charge in [-0.15, -0.1) is 0 Å². The van der Waals surface area contributed by atoms with Crippen LogP contribution in [0.3, 0.4) is 0 Å². The van der Waals surface area contributed by atoms with Crippen molar-refractivity contribution in [3.8, 4) is 11.5 Å². The van der Waals surface area contributed by atoms with E-state index in [1.807, 2.05) is 12.1 Å². The molecule has 0 radical (unpaired) electrons. The van der Waals surface area contributed by atoms with E-state index in [4.69, 9.17) is 25.5 Å². The molecule has 124 valence electrons.